The van der Waals surface area contributed by atoms with Gasteiger partial charge in [-0.25, -0.2) is 4.79 Å². The smallest absolute Gasteiger partial charge is 0.444 e. The normalized spacial score (nSPS) is 16.7. The molecule has 200 valence electrons. The number of likely N-dealkylation sites (tertiary alicyclic amines) is 1. The lowest BCUT2D eigenvalue weighted by molar-refractivity contribution is -0.274. The number of piperidine rings is 1. The Morgan fingerprint density at radius 2 is 1.68 bits per heavy atom. The number of nitrogens with zero attached hydrogens (tertiary/aromatic N) is 2. The van der Waals surface area contributed by atoms with E-state index in [0.717, 1.165) is 36.0 Å². The number of carbonyl (C=O) groups excluding carboxylic acids is 2. The molecule has 2 aliphatic heterocycles. The summed E-state index contributed by atoms with van der Waals surface area (Å²) in [7, 11) is 0. The Labute approximate surface area is 215 Å². The third-order valence-corrected chi connectivity index (χ3v) is 6.66. The van der Waals surface area contributed by atoms with Crippen molar-refractivity contribution < 1.29 is 32.2 Å². The zero-order valence-corrected chi connectivity index (χ0v) is 21.7. The molecule has 4 rings (SSSR count). The summed E-state index contributed by atoms with van der Waals surface area (Å²) in [5.41, 5.74) is 4.01. The van der Waals surface area contributed by atoms with Crippen LogP contribution >= 0.6 is 0 Å². The van der Waals surface area contributed by atoms with E-state index in [1.807, 2.05) is 27.7 Å². The summed E-state index contributed by atoms with van der Waals surface area (Å²) in [5, 5.41) is 0. The summed E-state index contributed by atoms with van der Waals surface area (Å²) < 4.78 is 46.6. The van der Waals surface area contributed by atoms with E-state index in [0.29, 0.717) is 37.7 Å². The Balaban J connectivity index is 1.35. The molecule has 0 atom stereocenters. The zero-order valence-electron chi connectivity index (χ0n) is 21.7. The molecule has 0 radical (unpaired) electrons. The van der Waals surface area contributed by atoms with Crippen molar-refractivity contribution in [1.82, 2.24) is 9.80 Å². The van der Waals surface area contributed by atoms with Gasteiger partial charge in [0.1, 0.15) is 11.4 Å². The Hall–Kier alpha value is -3.23. The SMILES string of the molecule is Cc1cc(CC2CCN(C(=O)OC(C)(C)C)CC2)cc2c1C(=O)N(Cc1ccc(OC(F)(F)F)cc1)C2. The molecule has 2 amide bonds. The molecule has 2 aromatic rings. The van der Waals surface area contributed by atoms with Crippen molar-refractivity contribution in [3.05, 3.63) is 64.2 Å². The van der Waals surface area contributed by atoms with Crippen LogP contribution in [0.15, 0.2) is 36.4 Å². The van der Waals surface area contributed by atoms with Gasteiger partial charge in [-0.15, -0.1) is 13.2 Å². The predicted molar refractivity (Wildman–Crippen MR) is 132 cm³/mol. The number of hydrogen-bond donors (Lipinski definition) is 0. The second-order valence-electron chi connectivity index (χ2n) is 10.9. The summed E-state index contributed by atoms with van der Waals surface area (Å²) in [5.74, 6) is 0.0896. The minimum absolute atomic E-state index is 0.0691. The van der Waals surface area contributed by atoms with Crippen LogP contribution in [0, 0.1) is 12.8 Å². The standard InChI is InChI=1S/C28H33F3N2O4/c1-18-13-21(14-19-9-11-32(12-10-19)26(35)37-27(2,3)4)15-22-17-33(25(34)24(18)22)16-20-5-7-23(8-6-20)36-28(29,30)31/h5-8,13,15,19H,9-12,14,16-17H2,1-4H3. The Morgan fingerprint density at radius 3 is 2.27 bits per heavy atom. The predicted octanol–water partition coefficient (Wildman–Crippen LogP) is 6.24. The van der Waals surface area contributed by atoms with Crippen molar-refractivity contribution in [3.63, 3.8) is 0 Å². The van der Waals surface area contributed by atoms with Crippen molar-refractivity contribution in [3.8, 4) is 5.75 Å². The fourth-order valence-corrected chi connectivity index (χ4v) is 5.05. The molecule has 1 saturated heterocycles. The molecule has 0 aromatic heterocycles. The maximum absolute atomic E-state index is 13.1. The van der Waals surface area contributed by atoms with Crippen LogP contribution in [-0.2, 0) is 24.2 Å². The monoisotopic (exact) mass is 518 g/mol. The van der Waals surface area contributed by atoms with E-state index in [2.05, 4.69) is 16.9 Å². The third kappa shape index (κ3) is 6.96. The lowest BCUT2D eigenvalue weighted by Crippen LogP contribution is -2.42. The van der Waals surface area contributed by atoms with Gasteiger partial charge in [0, 0.05) is 31.7 Å². The number of hydrogen-bond acceptors (Lipinski definition) is 4. The van der Waals surface area contributed by atoms with Crippen LogP contribution in [0.5, 0.6) is 5.75 Å². The van der Waals surface area contributed by atoms with Gasteiger partial charge in [-0.2, -0.15) is 0 Å². The molecule has 2 aliphatic rings. The van der Waals surface area contributed by atoms with Crippen molar-refractivity contribution in [2.45, 2.75) is 72.0 Å². The number of halogens is 3. The third-order valence-electron chi connectivity index (χ3n) is 6.66. The molecule has 2 aromatic carbocycles. The molecule has 0 unspecified atom stereocenters. The van der Waals surface area contributed by atoms with Crippen LogP contribution < -0.4 is 4.74 Å². The number of rotatable bonds is 5. The fourth-order valence-electron chi connectivity index (χ4n) is 5.05. The van der Waals surface area contributed by atoms with E-state index in [-0.39, 0.29) is 17.7 Å². The number of benzene rings is 2. The number of aryl methyl sites for hydroxylation is 1. The van der Waals surface area contributed by atoms with Crippen molar-refractivity contribution in [2.75, 3.05) is 13.1 Å². The van der Waals surface area contributed by atoms with Crippen LogP contribution in [0.3, 0.4) is 0 Å². The number of alkyl halides is 3. The van der Waals surface area contributed by atoms with E-state index in [4.69, 9.17) is 4.74 Å². The Bertz CT molecular complexity index is 1150. The first-order valence-electron chi connectivity index (χ1n) is 12.5. The maximum atomic E-state index is 13.1. The van der Waals surface area contributed by atoms with Gasteiger partial charge in [-0.05, 0) is 87.3 Å². The van der Waals surface area contributed by atoms with Gasteiger partial charge in [0.25, 0.3) is 5.91 Å². The van der Waals surface area contributed by atoms with Crippen molar-refractivity contribution in [2.24, 2.45) is 5.92 Å². The number of ether oxygens (including phenoxy) is 2. The maximum Gasteiger partial charge on any atom is 0.573 e. The van der Waals surface area contributed by atoms with Gasteiger partial charge in [-0.3, -0.25) is 4.79 Å². The molecule has 0 spiro atoms. The first-order valence-corrected chi connectivity index (χ1v) is 12.5. The molecule has 0 bridgehead atoms. The van der Waals surface area contributed by atoms with Crippen LogP contribution in [-0.4, -0.2) is 46.9 Å². The highest BCUT2D eigenvalue weighted by molar-refractivity contribution is 5.99. The summed E-state index contributed by atoms with van der Waals surface area (Å²) in [6.07, 6.45) is -2.33. The highest BCUT2D eigenvalue weighted by Gasteiger charge is 2.32. The zero-order chi connectivity index (χ0) is 27.0. The molecular weight excluding hydrogens is 485 g/mol. The van der Waals surface area contributed by atoms with E-state index in [1.54, 1.807) is 21.9 Å². The average Bonchev–Trinajstić information content (AvgIpc) is 3.09. The molecule has 0 saturated carbocycles. The lowest BCUT2D eigenvalue weighted by Gasteiger charge is -2.33. The number of carbonyl (C=O) groups is 2. The molecule has 37 heavy (non-hydrogen) atoms. The van der Waals surface area contributed by atoms with E-state index in [9.17, 15) is 22.8 Å². The van der Waals surface area contributed by atoms with Crippen LogP contribution in [0.25, 0.3) is 0 Å². The highest BCUT2D eigenvalue weighted by atomic mass is 19.4. The van der Waals surface area contributed by atoms with Gasteiger partial charge in [-0.1, -0.05) is 24.3 Å². The van der Waals surface area contributed by atoms with Gasteiger partial charge in [0.05, 0.1) is 0 Å². The van der Waals surface area contributed by atoms with Crippen LogP contribution in [0.4, 0.5) is 18.0 Å². The molecule has 1 fully saturated rings. The topological polar surface area (TPSA) is 59.1 Å². The molecule has 0 N–H and O–H groups in total. The van der Waals surface area contributed by atoms with Gasteiger partial charge >= 0.3 is 12.5 Å². The average molecular weight is 519 g/mol. The molecule has 2 heterocycles. The quantitative estimate of drug-likeness (QED) is 0.470. The van der Waals surface area contributed by atoms with Crippen LogP contribution in [0.2, 0.25) is 0 Å². The Morgan fingerprint density at radius 1 is 1.03 bits per heavy atom. The summed E-state index contributed by atoms with van der Waals surface area (Å²) in [6, 6.07) is 9.77. The molecule has 0 aliphatic carbocycles. The Kier molecular flexibility index (Phi) is 7.44. The van der Waals surface area contributed by atoms with Gasteiger partial charge in [0.2, 0.25) is 0 Å². The summed E-state index contributed by atoms with van der Waals surface area (Å²) in [6.45, 7) is 9.64. The molecule has 9 heteroatoms. The second-order valence-corrected chi connectivity index (χ2v) is 10.9. The van der Waals surface area contributed by atoms with Crippen LogP contribution in [0.1, 0.15) is 66.2 Å². The van der Waals surface area contributed by atoms with E-state index < -0.39 is 12.0 Å². The number of fused-ring (bicyclic) bond motifs is 1. The number of amides is 2. The molecular formula is C28H33F3N2O4. The van der Waals surface area contributed by atoms with Crippen molar-refractivity contribution in [1.29, 1.82) is 0 Å². The highest BCUT2D eigenvalue weighted by Crippen LogP contribution is 2.31. The lowest BCUT2D eigenvalue weighted by atomic mass is 9.88. The van der Waals surface area contributed by atoms with E-state index >= 15 is 0 Å². The van der Waals surface area contributed by atoms with Gasteiger partial charge in [0.15, 0.2) is 0 Å². The fraction of sp³-hybridized carbons (Fsp3) is 0.500. The second kappa shape index (κ2) is 10.3. The van der Waals surface area contributed by atoms with Gasteiger partial charge < -0.3 is 19.3 Å². The minimum Gasteiger partial charge on any atom is -0.444 e. The summed E-state index contributed by atoms with van der Waals surface area (Å²) in [4.78, 5) is 28.9. The first-order chi connectivity index (χ1) is 17.3. The molecule has 6 nitrogen and oxygen atoms in total. The van der Waals surface area contributed by atoms with Crippen molar-refractivity contribution >= 4 is 12.0 Å². The first kappa shape index (κ1) is 26.8. The summed E-state index contributed by atoms with van der Waals surface area (Å²) >= 11 is 0. The largest absolute Gasteiger partial charge is 0.573 e. The van der Waals surface area contributed by atoms with E-state index in [1.165, 1.54) is 17.7 Å². The minimum atomic E-state index is -4.74.